The lowest BCUT2D eigenvalue weighted by Gasteiger charge is -2.20. The van der Waals surface area contributed by atoms with Gasteiger partial charge in [0.2, 0.25) is 11.9 Å². The maximum atomic E-state index is 11.9. The minimum absolute atomic E-state index is 0.380. The molecule has 1 aromatic heterocycles. The molecule has 1 aromatic rings. The number of esters is 1. The lowest BCUT2D eigenvalue weighted by Crippen LogP contribution is -2.24. The first-order valence-electron chi connectivity index (χ1n) is 6.81. The zero-order valence-electron chi connectivity index (χ0n) is 12.8. The predicted octanol–water partition coefficient (Wildman–Crippen LogP) is 2.76. The summed E-state index contributed by atoms with van der Waals surface area (Å²) in [6, 6.07) is 3.39. The number of terminal acetylenes is 1. The van der Waals surface area contributed by atoms with Gasteiger partial charge < -0.3 is 18.6 Å². The average molecular weight is 292 g/mol. The highest BCUT2D eigenvalue weighted by Crippen LogP contribution is 2.34. The number of rotatable bonds is 3. The van der Waals surface area contributed by atoms with Crippen molar-refractivity contribution in [3.63, 3.8) is 0 Å². The van der Waals surface area contributed by atoms with E-state index in [-0.39, 0.29) is 5.97 Å². The standard InChI is InChI=1S/C16H20O5/c1-6-11(21-14(17)15(2,3)4)12-7-8-13(20-12)16(5)18-9-10-19-16/h1,7-8,11H,9-10H2,2-5H3. The van der Waals surface area contributed by atoms with Gasteiger partial charge in [0, 0.05) is 0 Å². The van der Waals surface area contributed by atoms with Gasteiger partial charge in [-0.15, -0.1) is 6.42 Å². The summed E-state index contributed by atoms with van der Waals surface area (Å²) in [5.74, 6) is 2.00. The van der Waals surface area contributed by atoms with Gasteiger partial charge in [0.25, 0.3) is 0 Å². The van der Waals surface area contributed by atoms with Crippen LogP contribution in [0.2, 0.25) is 0 Å². The Hall–Kier alpha value is -1.77. The van der Waals surface area contributed by atoms with Gasteiger partial charge in [0.05, 0.1) is 18.6 Å². The van der Waals surface area contributed by atoms with Crippen LogP contribution in [0.25, 0.3) is 0 Å². The molecule has 5 heteroatoms. The maximum Gasteiger partial charge on any atom is 0.312 e. The van der Waals surface area contributed by atoms with E-state index in [4.69, 9.17) is 25.1 Å². The second kappa shape index (κ2) is 5.55. The number of hydrogen-bond acceptors (Lipinski definition) is 5. The molecule has 21 heavy (non-hydrogen) atoms. The Balaban J connectivity index is 2.15. The van der Waals surface area contributed by atoms with Gasteiger partial charge >= 0.3 is 5.97 Å². The molecule has 0 aromatic carbocycles. The minimum atomic E-state index is -0.911. The van der Waals surface area contributed by atoms with Crippen molar-refractivity contribution in [2.24, 2.45) is 5.41 Å². The highest BCUT2D eigenvalue weighted by molar-refractivity contribution is 5.75. The van der Waals surface area contributed by atoms with Crippen LogP contribution in [-0.2, 0) is 24.8 Å². The summed E-state index contributed by atoms with van der Waals surface area (Å²) in [6.07, 6.45) is 4.58. The molecular formula is C16H20O5. The topological polar surface area (TPSA) is 57.9 Å². The number of furan rings is 1. The number of carbonyl (C=O) groups excluding carboxylic acids is 1. The summed E-state index contributed by atoms with van der Waals surface area (Å²) in [5, 5.41) is 0. The zero-order chi connectivity index (χ0) is 15.7. The highest BCUT2D eigenvalue weighted by Gasteiger charge is 2.37. The van der Waals surface area contributed by atoms with Crippen molar-refractivity contribution in [1.29, 1.82) is 0 Å². The van der Waals surface area contributed by atoms with Crippen LogP contribution in [0.5, 0.6) is 0 Å². The van der Waals surface area contributed by atoms with Crippen LogP contribution in [0, 0.1) is 17.8 Å². The van der Waals surface area contributed by atoms with E-state index in [0.717, 1.165) is 0 Å². The van der Waals surface area contributed by atoms with Gasteiger partial charge in [0.15, 0.2) is 11.5 Å². The Bertz CT molecular complexity index is 552. The van der Waals surface area contributed by atoms with E-state index in [1.807, 2.05) is 0 Å². The largest absolute Gasteiger partial charge is 0.455 e. The molecule has 1 aliphatic rings. The van der Waals surface area contributed by atoms with E-state index in [9.17, 15) is 4.79 Å². The molecule has 0 radical (unpaired) electrons. The average Bonchev–Trinajstić information content (AvgIpc) is 3.04. The van der Waals surface area contributed by atoms with Gasteiger partial charge in [-0.1, -0.05) is 5.92 Å². The normalized spacial score (nSPS) is 19.0. The Labute approximate surface area is 124 Å². The Morgan fingerprint density at radius 1 is 1.38 bits per heavy atom. The predicted molar refractivity (Wildman–Crippen MR) is 75.1 cm³/mol. The van der Waals surface area contributed by atoms with Gasteiger partial charge in [-0.25, -0.2) is 0 Å². The summed E-state index contributed by atoms with van der Waals surface area (Å²) < 4.78 is 22.0. The van der Waals surface area contributed by atoms with Crippen LogP contribution in [-0.4, -0.2) is 19.2 Å². The summed E-state index contributed by atoms with van der Waals surface area (Å²) in [6.45, 7) is 8.07. The van der Waals surface area contributed by atoms with Gasteiger partial charge in [-0.3, -0.25) is 4.79 Å². The third kappa shape index (κ3) is 3.29. The first-order chi connectivity index (χ1) is 9.76. The molecule has 1 atom stereocenters. The molecule has 0 aliphatic carbocycles. The van der Waals surface area contributed by atoms with Crippen molar-refractivity contribution in [2.75, 3.05) is 13.2 Å². The van der Waals surface area contributed by atoms with Crippen molar-refractivity contribution in [2.45, 2.75) is 39.6 Å². The number of hydrogen-bond donors (Lipinski definition) is 0. The van der Waals surface area contributed by atoms with Gasteiger partial charge in [-0.05, 0) is 39.8 Å². The molecule has 1 fully saturated rings. The lowest BCUT2D eigenvalue weighted by atomic mass is 9.97. The molecule has 1 aliphatic heterocycles. The summed E-state index contributed by atoms with van der Waals surface area (Å²) >= 11 is 0. The van der Waals surface area contributed by atoms with Crippen LogP contribution >= 0.6 is 0 Å². The van der Waals surface area contributed by atoms with E-state index in [1.165, 1.54) is 0 Å². The summed E-state index contributed by atoms with van der Waals surface area (Å²) in [4.78, 5) is 11.9. The van der Waals surface area contributed by atoms with E-state index in [1.54, 1.807) is 39.8 Å². The van der Waals surface area contributed by atoms with Crippen LogP contribution in [0.15, 0.2) is 16.5 Å². The monoisotopic (exact) mass is 292 g/mol. The fraction of sp³-hybridized carbons (Fsp3) is 0.562. The Kier molecular flexibility index (Phi) is 4.13. The molecule has 114 valence electrons. The van der Waals surface area contributed by atoms with Crippen LogP contribution in [0.3, 0.4) is 0 Å². The van der Waals surface area contributed by atoms with Crippen molar-refractivity contribution < 1.29 is 23.4 Å². The zero-order valence-corrected chi connectivity index (χ0v) is 12.8. The number of carbonyl (C=O) groups is 1. The third-order valence-corrected chi connectivity index (χ3v) is 3.16. The third-order valence-electron chi connectivity index (χ3n) is 3.16. The lowest BCUT2D eigenvalue weighted by molar-refractivity contribution is -0.164. The molecule has 1 saturated heterocycles. The molecule has 0 N–H and O–H groups in total. The molecule has 2 heterocycles. The first-order valence-corrected chi connectivity index (χ1v) is 6.81. The smallest absolute Gasteiger partial charge is 0.312 e. The molecule has 0 bridgehead atoms. The van der Waals surface area contributed by atoms with Crippen molar-refractivity contribution in [1.82, 2.24) is 0 Å². The maximum absolute atomic E-state index is 11.9. The van der Waals surface area contributed by atoms with Crippen LogP contribution in [0.4, 0.5) is 0 Å². The Morgan fingerprint density at radius 2 is 2.00 bits per heavy atom. The first kappa shape index (κ1) is 15.6. The summed E-state index contributed by atoms with van der Waals surface area (Å²) in [5.41, 5.74) is -0.631. The molecule has 0 spiro atoms. The van der Waals surface area contributed by atoms with E-state index < -0.39 is 17.3 Å². The van der Waals surface area contributed by atoms with Gasteiger partial charge in [0.1, 0.15) is 0 Å². The molecule has 5 nitrogen and oxygen atoms in total. The second-order valence-electron chi connectivity index (χ2n) is 6.05. The van der Waals surface area contributed by atoms with Crippen molar-refractivity contribution >= 4 is 5.97 Å². The Morgan fingerprint density at radius 3 is 2.52 bits per heavy atom. The highest BCUT2D eigenvalue weighted by atomic mass is 16.7. The SMILES string of the molecule is C#CC(OC(=O)C(C)(C)C)c1ccc(C2(C)OCCO2)o1. The quantitative estimate of drug-likeness (QED) is 0.633. The molecular weight excluding hydrogens is 272 g/mol. The molecule has 0 amide bonds. The minimum Gasteiger partial charge on any atom is -0.455 e. The molecule has 2 rings (SSSR count). The van der Waals surface area contributed by atoms with Crippen molar-refractivity contribution in [3.05, 3.63) is 23.7 Å². The van der Waals surface area contributed by atoms with Crippen LogP contribution in [0.1, 0.15) is 45.3 Å². The second-order valence-corrected chi connectivity index (χ2v) is 6.05. The van der Waals surface area contributed by atoms with E-state index in [0.29, 0.717) is 24.7 Å². The van der Waals surface area contributed by atoms with E-state index >= 15 is 0 Å². The summed E-state index contributed by atoms with van der Waals surface area (Å²) in [7, 11) is 0. The van der Waals surface area contributed by atoms with Crippen LogP contribution < -0.4 is 0 Å². The fourth-order valence-electron chi connectivity index (χ4n) is 1.85. The number of ether oxygens (including phenoxy) is 3. The fourth-order valence-corrected chi connectivity index (χ4v) is 1.85. The molecule has 1 unspecified atom stereocenters. The van der Waals surface area contributed by atoms with E-state index in [2.05, 4.69) is 5.92 Å². The van der Waals surface area contributed by atoms with Crippen molar-refractivity contribution in [3.8, 4) is 12.3 Å². The van der Waals surface area contributed by atoms with Gasteiger partial charge in [-0.2, -0.15) is 0 Å². The molecule has 0 saturated carbocycles.